The average Bonchev–Trinajstić information content (AvgIpc) is 3.44. The van der Waals surface area contributed by atoms with Gasteiger partial charge in [-0.25, -0.2) is 0 Å². The first-order chi connectivity index (χ1) is 39.4. The number of allylic oxidation sites excluding steroid dienone is 7. The Morgan fingerprint density at radius 1 is 0.432 bits per heavy atom. The van der Waals surface area contributed by atoms with Gasteiger partial charge in [-0.15, -0.1) is 0 Å². The number of nitrogens with one attached hydrogen (secondary N) is 1. The molecule has 1 N–H and O–H groups in total. The summed E-state index contributed by atoms with van der Waals surface area (Å²) >= 11 is 0. The summed E-state index contributed by atoms with van der Waals surface area (Å²) in [7, 11) is 1.19. The van der Waals surface area contributed by atoms with Crippen molar-refractivity contribution in [2.24, 2.45) is 0 Å². The molecule has 0 fully saturated rings. The third-order valence-corrected chi connectivity index (χ3v) is 16.7. The topological polar surface area (TPSA) is 114 Å². The molecular weight excluding hydrogens is 1020 g/mol. The molecule has 0 aromatic heterocycles. The van der Waals surface area contributed by atoms with E-state index in [2.05, 4.69) is 62.5 Å². The van der Waals surface area contributed by atoms with Gasteiger partial charge in [-0.1, -0.05) is 307 Å². The number of carbonyl (C=O) groups is 2. The number of nitrogens with zero attached hydrogens (tertiary/aromatic N) is 1. The van der Waals surface area contributed by atoms with E-state index in [4.69, 9.17) is 13.8 Å². The highest BCUT2D eigenvalue weighted by atomic mass is 31.2. The molecule has 81 heavy (non-hydrogen) atoms. The van der Waals surface area contributed by atoms with Gasteiger partial charge in [0.15, 0.2) is 0 Å². The normalized spacial score (nSPS) is 13.8. The summed E-state index contributed by atoms with van der Waals surface area (Å²) in [4.78, 5) is 40.2. The Balaban J connectivity index is 5.13. The number of carbonyl (C=O) groups excluding carboxylic acids is 2. The molecule has 476 valence electrons. The van der Waals surface area contributed by atoms with Crippen LogP contribution < -0.4 is 10.2 Å². The maximum absolute atomic E-state index is 13.6. The Bertz CT molecular complexity index is 1520. The first-order valence-electron chi connectivity index (χ1n) is 34.9. The van der Waals surface area contributed by atoms with Gasteiger partial charge in [-0.3, -0.25) is 14.2 Å². The van der Waals surface area contributed by atoms with Crippen LogP contribution in [0.25, 0.3) is 0 Å². The Labute approximate surface area is 503 Å². The smallest absolute Gasteiger partial charge is 0.306 e. The van der Waals surface area contributed by atoms with Crippen molar-refractivity contribution in [1.82, 2.24) is 5.32 Å². The number of hydrogen-bond acceptors (Lipinski definition) is 7. The zero-order valence-corrected chi connectivity index (χ0v) is 55.4. The Kier molecular flexibility index (Phi) is 59.5. The molecule has 10 heteroatoms. The number of likely N-dealkylation sites (N-methyl/N-ethyl adjacent to an activating group) is 1. The highest BCUT2D eigenvalue weighted by molar-refractivity contribution is 7.45. The van der Waals surface area contributed by atoms with Gasteiger partial charge in [0.2, 0.25) is 5.91 Å². The van der Waals surface area contributed by atoms with E-state index in [-0.39, 0.29) is 31.5 Å². The lowest BCUT2D eigenvalue weighted by Crippen LogP contribution is -2.47. The number of hydrogen-bond donors (Lipinski definition) is 1. The fraction of sp³-hybridized carbons (Fsp3) is 0.859. The molecule has 3 unspecified atom stereocenters. The van der Waals surface area contributed by atoms with Gasteiger partial charge in [0, 0.05) is 12.8 Å². The van der Waals surface area contributed by atoms with Crippen LogP contribution in [0.4, 0.5) is 0 Å². The largest absolute Gasteiger partial charge is 0.756 e. The van der Waals surface area contributed by atoms with Gasteiger partial charge in [0.25, 0.3) is 7.82 Å². The summed E-state index contributed by atoms with van der Waals surface area (Å²) < 4.78 is 30.5. The van der Waals surface area contributed by atoms with Crippen LogP contribution in [0.15, 0.2) is 48.6 Å². The van der Waals surface area contributed by atoms with E-state index in [9.17, 15) is 19.0 Å². The Morgan fingerprint density at radius 2 is 0.753 bits per heavy atom. The van der Waals surface area contributed by atoms with Crippen molar-refractivity contribution in [3.8, 4) is 0 Å². The number of phosphoric acid groups is 1. The molecule has 9 nitrogen and oxygen atoms in total. The molecular formula is C71H135N2O7P. The quantitative estimate of drug-likeness (QED) is 0.0212. The second-order valence-electron chi connectivity index (χ2n) is 25.0. The predicted octanol–water partition coefficient (Wildman–Crippen LogP) is 21.4. The zero-order valence-electron chi connectivity index (χ0n) is 54.5. The fourth-order valence-corrected chi connectivity index (χ4v) is 11.1. The average molecular weight is 1160 g/mol. The molecule has 0 radical (unpaired) electrons. The van der Waals surface area contributed by atoms with Gasteiger partial charge in [0.05, 0.1) is 33.8 Å². The monoisotopic (exact) mass is 1160 g/mol. The van der Waals surface area contributed by atoms with E-state index in [1.807, 2.05) is 33.3 Å². The lowest BCUT2D eigenvalue weighted by molar-refractivity contribution is -0.870. The molecule has 0 saturated carbocycles. The highest BCUT2D eigenvalue weighted by Gasteiger charge is 2.27. The van der Waals surface area contributed by atoms with E-state index < -0.39 is 20.0 Å². The van der Waals surface area contributed by atoms with Crippen LogP contribution in [0.1, 0.15) is 342 Å². The second-order valence-corrected chi connectivity index (χ2v) is 26.5. The van der Waals surface area contributed by atoms with Crippen LogP contribution in [0.5, 0.6) is 0 Å². The molecule has 0 aliphatic heterocycles. The number of amides is 1. The highest BCUT2D eigenvalue weighted by Crippen LogP contribution is 2.38. The van der Waals surface area contributed by atoms with Crippen molar-refractivity contribution < 1.29 is 37.3 Å². The minimum absolute atomic E-state index is 0.0215. The molecule has 0 aliphatic rings. The lowest BCUT2D eigenvalue weighted by atomic mass is 10.0. The first-order valence-corrected chi connectivity index (χ1v) is 36.4. The number of esters is 1. The third kappa shape index (κ3) is 62.3. The predicted molar refractivity (Wildman–Crippen MR) is 349 cm³/mol. The molecule has 0 saturated heterocycles. The molecule has 0 aromatic rings. The third-order valence-electron chi connectivity index (χ3n) is 15.8. The maximum atomic E-state index is 13.6. The van der Waals surface area contributed by atoms with Crippen molar-refractivity contribution in [3.05, 3.63) is 48.6 Å². The van der Waals surface area contributed by atoms with Gasteiger partial charge >= 0.3 is 5.97 Å². The first kappa shape index (κ1) is 79.0. The summed E-state index contributed by atoms with van der Waals surface area (Å²) in [6.45, 7) is 6.87. The molecule has 0 heterocycles. The molecule has 1 amide bonds. The van der Waals surface area contributed by atoms with Crippen molar-refractivity contribution >= 4 is 19.7 Å². The van der Waals surface area contributed by atoms with Crippen molar-refractivity contribution in [3.63, 3.8) is 0 Å². The minimum atomic E-state index is -4.70. The summed E-state index contributed by atoms with van der Waals surface area (Å²) in [6, 6.07) is -0.889. The lowest BCUT2D eigenvalue weighted by Gasteiger charge is -2.30. The van der Waals surface area contributed by atoms with Crippen molar-refractivity contribution in [2.75, 3.05) is 40.9 Å². The number of rotatable bonds is 64. The van der Waals surface area contributed by atoms with E-state index in [0.29, 0.717) is 17.4 Å². The van der Waals surface area contributed by atoms with Gasteiger partial charge in [0.1, 0.15) is 19.3 Å². The van der Waals surface area contributed by atoms with Gasteiger partial charge in [-0.05, 0) is 70.3 Å². The zero-order chi connectivity index (χ0) is 59.3. The second kappa shape index (κ2) is 61.1. The standard InChI is InChI=1S/C71H135N2O7P/c1-7-10-13-16-19-22-25-28-30-32-34-35-36-37-39-40-42-45-48-51-54-57-60-63-70(74)72-68(67-79-81(76,77)78-66-65-73(4,5)6)69(62-59-56-53-50-47-44-27-24-21-18-15-12-9-3)80-71(75)64-61-58-55-52-49-46-43-41-38-33-31-29-26-23-20-17-14-11-8-2/h19,22,28,30,34-35,59,62,68-69H,7-18,20-21,23-27,29,31-33,36-58,60-61,63-67H2,1-6H3,(H-,72,74,76,77)/b22-19-,30-28-,35-34-,62-59+. The Morgan fingerprint density at radius 3 is 1.15 bits per heavy atom. The van der Waals surface area contributed by atoms with Gasteiger partial charge < -0.3 is 28.5 Å². The van der Waals surface area contributed by atoms with Crippen LogP contribution in [0.3, 0.4) is 0 Å². The van der Waals surface area contributed by atoms with Crippen LogP contribution >= 0.6 is 7.82 Å². The Hall–Kier alpha value is -2.03. The van der Waals surface area contributed by atoms with Crippen LogP contribution in [0.2, 0.25) is 0 Å². The van der Waals surface area contributed by atoms with Crippen LogP contribution in [0, 0.1) is 0 Å². The molecule has 3 atom stereocenters. The van der Waals surface area contributed by atoms with Crippen molar-refractivity contribution in [2.45, 2.75) is 354 Å². The molecule has 0 bridgehead atoms. The van der Waals surface area contributed by atoms with E-state index in [0.717, 1.165) is 77.0 Å². The fourth-order valence-electron chi connectivity index (χ4n) is 10.4. The molecule has 0 aromatic carbocycles. The van der Waals surface area contributed by atoms with Crippen LogP contribution in [-0.4, -0.2) is 69.4 Å². The van der Waals surface area contributed by atoms with E-state index >= 15 is 0 Å². The SMILES string of the molecule is CCCCC/C=C\C/C=C\C/C=C\CCCCCCCCCCCCC(=O)NC(COP(=O)([O-])OCC[N+](C)(C)C)C(/C=C/CCCCCCCCCCCCC)OC(=O)CCCCCCCCCCCCCCCCCCCCC. The molecule has 0 spiro atoms. The molecule has 0 rings (SSSR count). The maximum Gasteiger partial charge on any atom is 0.306 e. The van der Waals surface area contributed by atoms with E-state index in [1.165, 1.54) is 231 Å². The number of quaternary nitrogens is 1. The van der Waals surface area contributed by atoms with E-state index in [1.54, 1.807) is 0 Å². The van der Waals surface area contributed by atoms with Gasteiger partial charge in [-0.2, -0.15) is 0 Å². The summed E-state index contributed by atoms with van der Waals surface area (Å²) in [6.07, 6.45) is 76.5. The van der Waals surface area contributed by atoms with Crippen LogP contribution in [-0.2, 0) is 27.9 Å². The number of unbranched alkanes of at least 4 members (excludes halogenated alkanes) is 42. The summed E-state index contributed by atoms with van der Waals surface area (Å²) in [5.74, 6) is -0.528. The molecule has 0 aliphatic carbocycles. The minimum Gasteiger partial charge on any atom is -0.756 e. The van der Waals surface area contributed by atoms with Crippen molar-refractivity contribution in [1.29, 1.82) is 0 Å². The number of phosphoric ester groups is 1. The number of ether oxygens (including phenoxy) is 1. The summed E-state index contributed by atoms with van der Waals surface area (Å²) in [5, 5.41) is 3.05. The summed E-state index contributed by atoms with van der Waals surface area (Å²) in [5.41, 5.74) is 0.